The Morgan fingerprint density at radius 1 is 0.906 bits per heavy atom. The first-order valence-electron chi connectivity index (χ1n) is 10.1. The number of anilines is 2. The normalized spacial score (nSPS) is 10.5. The van der Waals surface area contributed by atoms with E-state index >= 15 is 0 Å². The van der Waals surface area contributed by atoms with Crippen LogP contribution < -0.4 is 10.6 Å². The molecule has 0 aliphatic heterocycles. The van der Waals surface area contributed by atoms with Crippen molar-refractivity contribution >= 4 is 35.0 Å². The van der Waals surface area contributed by atoms with Crippen LogP contribution in [0.4, 0.5) is 11.4 Å². The maximum Gasteiger partial charge on any atom is 0.255 e. The van der Waals surface area contributed by atoms with Crippen LogP contribution in [-0.4, -0.2) is 27.1 Å². The molecule has 0 aliphatic carbocycles. The molecule has 7 heteroatoms. The lowest BCUT2D eigenvalue weighted by Gasteiger charge is -2.10. The van der Waals surface area contributed by atoms with E-state index < -0.39 is 0 Å². The number of carbonyl (C=O) groups excluding carboxylic acids is 2. The van der Waals surface area contributed by atoms with E-state index in [1.807, 2.05) is 84.4 Å². The minimum absolute atomic E-state index is 0.107. The maximum absolute atomic E-state index is 12.6. The van der Waals surface area contributed by atoms with Crippen molar-refractivity contribution in [3.05, 3.63) is 102 Å². The van der Waals surface area contributed by atoms with Gasteiger partial charge >= 0.3 is 0 Å². The van der Waals surface area contributed by atoms with Crippen LogP contribution in [0.1, 0.15) is 15.9 Å². The van der Waals surface area contributed by atoms with E-state index in [-0.39, 0.29) is 17.6 Å². The first-order valence-corrected chi connectivity index (χ1v) is 11.1. The standard InChI is InChI=1S/C25H22N4O2S/c1-18-10-12-21(13-11-18)27-23(30)17-32-25-26-14-15-29(25)22-9-5-6-19(16-22)24(31)28-20-7-3-2-4-8-20/h2-16H,17H2,1H3,(H,27,30)(H,28,31). The Bertz CT molecular complexity index is 1220. The summed E-state index contributed by atoms with van der Waals surface area (Å²) >= 11 is 1.34. The van der Waals surface area contributed by atoms with Crippen molar-refractivity contribution < 1.29 is 9.59 Å². The van der Waals surface area contributed by atoms with Crippen molar-refractivity contribution in [3.8, 4) is 5.69 Å². The van der Waals surface area contributed by atoms with Crippen LogP contribution in [-0.2, 0) is 4.79 Å². The van der Waals surface area contributed by atoms with Crippen molar-refractivity contribution in [3.63, 3.8) is 0 Å². The summed E-state index contributed by atoms with van der Waals surface area (Å²) in [7, 11) is 0. The van der Waals surface area contributed by atoms with Crippen molar-refractivity contribution in [2.24, 2.45) is 0 Å². The second-order valence-electron chi connectivity index (χ2n) is 7.15. The zero-order valence-corrected chi connectivity index (χ0v) is 18.3. The van der Waals surface area contributed by atoms with E-state index in [0.29, 0.717) is 10.7 Å². The van der Waals surface area contributed by atoms with Crippen molar-refractivity contribution in [1.82, 2.24) is 9.55 Å². The third-order valence-corrected chi connectivity index (χ3v) is 5.66. The number of rotatable bonds is 7. The molecule has 1 aromatic heterocycles. The van der Waals surface area contributed by atoms with E-state index in [0.717, 1.165) is 22.6 Å². The molecule has 1 heterocycles. The Morgan fingerprint density at radius 2 is 1.66 bits per heavy atom. The Morgan fingerprint density at radius 3 is 2.44 bits per heavy atom. The quantitative estimate of drug-likeness (QED) is 0.388. The molecule has 0 aliphatic rings. The number of hydrogen-bond acceptors (Lipinski definition) is 4. The molecule has 160 valence electrons. The summed E-state index contributed by atoms with van der Waals surface area (Å²) in [6, 6.07) is 24.3. The summed E-state index contributed by atoms with van der Waals surface area (Å²) in [6.07, 6.45) is 3.49. The predicted molar refractivity (Wildman–Crippen MR) is 128 cm³/mol. The summed E-state index contributed by atoms with van der Waals surface area (Å²) in [4.78, 5) is 29.3. The highest BCUT2D eigenvalue weighted by molar-refractivity contribution is 7.99. The van der Waals surface area contributed by atoms with E-state index in [9.17, 15) is 9.59 Å². The minimum Gasteiger partial charge on any atom is -0.325 e. The topological polar surface area (TPSA) is 76.0 Å². The third-order valence-electron chi connectivity index (χ3n) is 4.69. The maximum atomic E-state index is 12.6. The molecule has 0 atom stereocenters. The largest absolute Gasteiger partial charge is 0.325 e. The smallest absolute Gasteiger partial charge is 0.255 e. The van der Waals surface area contributed by atoms with Crippen LogP contribution in [0.3, 0.4) is 0 Å². The van der Waals surface area contributed by atoms with Crippen molar-refractivity contribution in [2.75, 3.05) is 16.4 Å². The van der Waals surface area contributed by atoms with Gasteiger partial charge in [0.05, 0.1) is 5.75 Å². The molecular formula is C25H22N4O2S. The average molecular weight is 443 g/mol. The summed E-state index contributed by atoms with van der Waals surface area (Å²) in [5.74, 6) is -0.0757. The molecule has 4 aromatic rings. The van der Waals surface area contributed by atoms with Crippen LogP contribution in [0.2, 0.25) is 0 Å². The number of hydrogen-bond donors (Lipinski definition) is 2. The molecule has 4 rings (SSSR count). The highest BCUT2D eigenvalue weighted by Crippen LogP contribution is 2.22. The fraction of sp³-hybridized carbons (Fsp3) is 0.0800. The summed E-state index contributed by atoms with van der Waals surface area (Å²) in [6.45, 7) is 2.00. The molecule has 32 heavy (non-hydrogen) atoms. The van der Waals surface area contributed by atoms with Crippen LogP contribution in [0, 0.1) is 6.92 Å². The molecule has 0 bridgehead atoms. The van der Waals surface area contributed by atoms with Crippen LogP contribution in [0.15, 0.2) is 96.4 Å². The van der Waals surface area contributed by atoms with Gasteiger partial charge in [-0.3, -0.25) is 14.2 Å². The van der Waals surface area contributed by atoms with Gasteiger partial charge < -0.3 is 10.6 Å². The first kappa shape index (κ1) is 21.4. The number of amides is 2. The SMILES string of the molecule is Cc1ccc(NC(=O)CSc2nccn2-c2cccc(C(=O)Nc3ccccc3)c2)cc1. The first-order chi connectivity index (χ1) is 15.6. The predicted octanol–water partition coefficient (Wildman–Crippen LogP) is 5.16. The highest BCUT2D eigenvalue weighted by atomic mass is 32.2. The number of carbonyl (C=O) groups is 2. The third kappa shape index (κ3) is 5.44. The van der Waals surface area contributed by atoms with Gasteiger partial charge in [0.25, 0.3) is 5.91 Å². The van der Waals surface area contributed by atoms with Crippen molar-refractivity contribution in [1.29, 1.82) is 0 Å². The fourth-order valence-electron chi connectivity index (χ4n) is 3.08. The Hall–Kier alpha value is -3.84. The average Bonchev–Trinajstić information content (AvgIpc) is 3.29. The van der Waals surface area contributed by atoms with Gasteiger partial charge in [0.1, 0.15) is 0 Å². The van der Waals surface area contributed by atoms with Gasteiger partial charge in [0, 0.05) is 35.0 Å². The minimum atomic E-state index is -0.190. The van der Waals surface area contributed by atoms with Gasteiger partial charge in [-0.05, 0) is 49.4 Å². The molecule has 0 spiro atoms. The second-order valence-corrected chi connectivity index (χ2v) is 8.10. The van der Waals surface area contributed by atoms with Gasteiger partial charge in [-0.15, -0.1) is 0 Å². The van der Waals surface area contributed by atoms with Gasteiger partial charge in [-0.1, -0.05) is 53.7 Å². The van der Waals surface area contributed by atoms with Crippen LogP contribution in [0.5, 0.6) is 0 Å². The monoisotopic (exact) mass is 442 g/mol. The lowest BCUT2D eigenvalue weighted by atomic mass is 10.2. The second kappa shape index (κ2) is 9.98. The summed E-state index contributed by atoms with van der Waals surface area (Å²) < 4.78 is 1.86. The number of benzene rings is 3. The number of aromatic nitrogens is 2. The molecule has 0 unspecified atom stereocenters. The molecule has 3 aromatic carbocycles. The lowest BCUT2D eigenvalue weighted by Crippen LogP contribution is -2.14. The van der Waals surface area contributed by atoms with Gasteiger partial charge in [-0.25, -0.2) is 4.98 Å². The number of nitrogens with zero attached hydrogens (tertiary/aromatic N) is 2. The molecule has 0 saturated heterocycles. The summed E-state index contributed by atoms with van der Waals surface area (Å²) in [5.41, 5.74) is 3.97. The molecule has 0 saturated carbocycles. The van der Waals surface area contributed by atoms with Crippen LogP contribution in [0.25, 0.3) is 5.69 Å². The van der Waals surface area contributed by atoms with Crippen LogP contribution >= 0.6 is 11.8 Å². The molecule has 0 fully saturated rings. The zero-order valence-electron chi connectivity index (χ0n) is 17.5. The highest BCUT2D eigenvalue weighted by Gasteiger charge is 2.12. The van der Waals surface area contributed by atoms with Gasteiger partial charge in [0.2, 0.25) is 5.91 Å². The molecule has 2 amide bonds. The van der Waals surface area contributed by atoms with E-state index in [1.54, 1.807) is 18.3 Å². The number of nitrogens with one attached hydrogen (secondary N) is 2. The van der Waals surface area contributed by atoms with E-state index in [4.69, 9.17) is 0 Å². The Labute approximate surface area is 190 Å². The number of imidazole rings is 1. The molecule has 0 radical (unpaired) electrons. The zero-order chi connectivity index (χ0) is 22.3. The van der Waals surface area contributed by atoms with Gasteiger partial charge in [-0.2, -0.15) is 0 Å². The van der Waals surface area contributed by atoms with E-state index in [2.05, 4.69) is 15.6 Å². The number of para-hydroxylation sites is 1. The van der Waals surface area contributed by atoms with Crippen molar-refractivity contribution in [2.45, 2.75) is 12.1 Å². The molecule has 2 N–H and O–H groups in total. The summed E-state index contributed by atoms with van der Waals surface area (Å²) in [5, 5.41) is 6.45. The molecule has 6 nitrogen and oxygen atoms in total. The fourth-order valence-corrected chi connectivity index (χ4v) is 3.85. The number of thioether (sulfide) groups is 1. The van der Waals surface area contributed by atoms with E-state index in [1.165, 1.54) is 11.8 Å². The van der Waals surface area contributed by atoms with Gasteiger partial charge in [0.15, 0.2) is 5.16 Å². The molecular weight excluding hydrogens is 420 g/mol. The number of aryl methyl sites for hydroxylation is 1. The lowest BCUT2D eigenvalue weighted by molar-refractivity contribution is -0.113. The Balaban J connectivity index is 1.42. The Kier molecular flexibility index (Phi) is 6.67.